The van der Waals surface area contributed by atoms with E-state index in [1.165, 1.54) is 30.6 Å². The number of rotatable bonds is 4. The molecule has 0 unspecified atom stereocenters. The summed E-state index contributed by atoms with van der Waals surface area (Å²) < 4.78 is 7.98. The van der Waals surface area contributed by atoms with Crippen LogP contribution in [0, 0.1) is 18.8 Å². The number of hydrogen-bond acceptors (Lipinski definition) is 4. The van der Waals surface area contributed by atoms with E-state index in [1.807, 2.05) is 13.3 Å². The fraction of sp³-hybridized carbons (Fsp3) is 0.611. The van der Waals surface area contributed by atoms with Crippen LogP contribution in [-0.2, 0) is 11.3 Å². The first-order valence-corrected chi connectivity index (χ1v) is 9.44. The molecule has 0 spiro atoms. The van der Waals surface area contributed by atoms with E-state index in [2.05, 4.69) is 44.6 Å². The Kier molecular flexibility index (Phi) is 4.26. The fourth-order valence-corrected chi connectivity index (χ4v) is 5.06. The van der Waals surface area contributed by atoms with Crippen LogP contribution in [0.3, 0.4) is 0 Å². The number of likely N-dealkylation sites (tertiary alicyclic amines) is 1. The molecule has 23 heavy (non-hydrogen) atoms. The van der Waals surface area contributed by atoms with Crippen molar-refractivity contribution >= 4 is 11.3 Å². The van der Waals surface area contributed by atoms with Crippen LogP contribution in [0.15, 0.2) is 29.2 Å². The Hall–Kier alpha value is -1.17. The second-order valence-corrected chi connectivity index (χ2v) is 7.94. The van der Waals surface area contributed by atoms with Crippen molar-refractivity contribution in [2.75, 3.05) is 20.2 Å². The third-order valence-electron chi connectivity index (χ3n) is 5.52. The highest BCUT2D eigenvalue weighted by Crippen LogP contribution is 2.42. The summed E-state index contributed by atoms with van der Waals surface area (Å²) in [6.07, 6.45) is 6.75. The van der Waals surface area contributed by atoms with Gasteiger partial charge in [0.1, 0.15) is 0 Å². The third-order valence-corrected chi connectivity index (χ3v) is 6.25. The molecule has 0 aromatic carbocycles. The Morgan fingerprint density at radius 3 is 2.78 bits per heavy atom. The lowest BCUT2D eigenvalue weighted by Gasteiger charge is -2.37. The van der Waals surface area contributed by atoms with Crippen LogP contribution < -0.4 is 0 Å². The quantitative estimate of drug-likeness (QED) is 0.861. The second-order valence-electron chi connectivity index (χ2n) is 7.16. The lowest BCUT2D eigenvalue weighted by Crippen LogP contribution is -2.37. The van der Waals surface area contributed by atoms with Crippen LogP contribution in [0.1, 0.15) is 30.0 Å². The highest BCUT2D eigenvalue weighted by atomic mass is 32.1. The molecule has 1 saturated heterocycles. The molecule has 0 bridgehead atoms. The van der Waals surface area contributed by atoms with Crippen molar-refractivity contribution < 1.29 is 4.74 Å². The smallest absolute Gasteiger partial charge is 0.0798 e. The van der Waals surface area contributed by atoms with E-state index in [-0.39, 0.29) is 6.10 Å². The van der Waals surface area contributed by atoms with Gasteiger partial charge in [0.05, 0.1) is 18.3 Å². The van der Waals surface area contributed by atoms with Crippen molar-refractivity contribution in [1.82, 2.24) is 14.7 Å². The molecule has 0 amide bonds. The van der Waals surface area contributed by atoms with Crippen LogP contribution in [0.25, 0.3) is 0 Å². The summed E-state index contributed by atoms with van der Waals surface area (Å²) in [5.41, 5.74) is 2.68. The molecule has 0 N–H and O–H groups in total. The Morgan fingerprint density at radius 2 is 2.13 bits per heavy atom. The first kappa shape index (κ1) is 15.4. The van der Waals surface area contributed by atoms with Gasteiger partial charge in [0.15, 0.2) is 0 Å². The minimum atomic E-state index is 0.289. The molecule has 5 heteroatoms. The predicted molar refractivity (Wildman–Crippen MR) is 92.6 cm³/mol. The fourth-order valence-electron chi connectivity index (χ4n) is 4.40. The first-order chi connectivity index (χ1) is 11.2. The minimum absolute atomic E-state index is 0.289. The van der Waals surface area contributed by atoms with E-state index < -0.39 is 0 Å². The lowest BCUT2D eigenvalue weighted by molar-refractivity contribution is -0.00488. The van der Waals surface area contributed by atoms with Crippen molar-refractivity contribution in [2.45, 2.75) is 38.5 Å². The molecule has 2 aliphatic rings. The molecular weight excluding hydrogens is 306 g/mol. The number of ether oxygens (including phenoxy) is 1. The molecule has 1 aliphatic heterocycles. The molecular formula is C18H25N3OS. The van der Waals surface area contributed by atoms with Gasteiger partial charge < -0.3 is 4.74 Å². The predicted octanol–water partition coefficient (Wildman–Crippen LogP) is 3.35. The van der Waals surface area contributed by atoms with Crippen molar-refractivity contribution in [3.63, 3.8) is 0 Å². The number of methoxy groups -OCH3 is 1. The normalized spacial score (nSPS) is 31.4. The van der Waals surface area contributed by atoms with Crippen molar-refractivity contribution in [3.8, 4) is 0 Å². The highest BCUT2D eigenvalue weighted by molar-refractivity contribution is 7.07. The Balaban J connectivity index is 1.46. The zero-order valence-corrected chi connectivity index (χ0v) is 14.7. The van der Waals surface area contributed by atoms with Crippen LogP contribution in [-0.4, -0.2) is 41.0 Å². The van der Waals surface area contributed by atoms with Gasteiger partial charge in [-0.15, -0.1) is 0 Å². The maximum Gasteiger partial charge on any atom is 0.0798 e. The number of thiophene rings is 1. The maximum absolute atomic E-state index is 5.84. The maximum atomic E-state index is 5.84. The van der Waals surface area contributed by atoms with Crippen LogP contribution in [0.4, 0.5) is 0 Å². The van der Waals surface area contributed by atoms with Crippen molar-refractivity contribution in [2.24, 2.45) is 11.8 Å². The van der Waals surface area contributed by atoms with E-state index >= 15 is 0 Å². The Bertz CT molecular complexity index is 638. The average Bonchev–Trinajstić information content (AvgIpc) is 3.26. The Labute approximate surface area is 142 Å². The van der Waals surface area contributed by atoms with Crippen molar-refractivity contribution in [1.29, 1.82) is 0 Å². The molecule has 1 aliphatic carbocycles. The van der Waals surface area contributed by atoms with Crippen LogP contribution in [0.5, 0.6) is 0 Å². The van der Waals surface area contributed by atoms with Crippen LogP contribution >= 0.6 is 11.3 Å². The highest BCUT2D eigenvalue weighted by Gasteiger charge is 2.43. The van der Waals surface area contributed by atoms with Gasteiger partial charge in [-0.2, -0.15) is 16.4 Å². The molecule has 124 valence electrons. The third kappa shape index (κ3) is 3.10. The van der Waals surface area contributed by atoms with Gasteiger partial charge in [0.2, 0.25) is 0 Å². The SMILES string of the molecule is CO[C@H]1C[C@@H]2CN(Cc3ccsc3)C[C@@H]2C[C@@H]1n1cc(C)cn1. The summed E-state index contributed by atoms with van der Waals surface area (Å²) in [4.78, 5) is 2.63. The molecule has 2 aromatic heterocycles. The number of aromatic nitrogens is 2. The number of hydrogen-bond donors (Lipinski definition) is 0. The van der Waals surface area contributed by atoms with E-state index in [0.29, 0.717) is 6.04 Å². The largest absolute Gasteiger partial charge is 0.379 e. The van der Waals surface area contributed by atoms with E-state index in [1.54, 1.807) is 11.3 Å². The summed E-state index contributed by atoms with van der Waals surface area (Å²) in [6, 6.07) is 2.64. The minimum Gasteiger partial charge on any atom is -0.379 e. The van der Waals surface area contributed by atoms with Gasteiger partial charge in [0, 0.05) is 32.9 Å². The molecule has 3 heterocycles. The van der Waals surface area contributed by atoms with Gasteiger partial charge in [0.25, 0.3) is 0 Å². The zero-order chi connectivity index (χ0) is 15.8. The summed E-state index contributed by atoms with van der Waals surface area (Å²) in [5, 5.41) is 9.01. The summed E-state index contributed by atoms with van der Waals surface area (Å²) >= 11 is 1.79. The van der Waals surface area contributed by atoms with Gasteiger partial charge in [-0.1, -0.05) is 0 Å². The standard InChI is InChI=1S/C18H25N3OS/c1-13-7-19-21(8-13)17-5-15-10-20(9-14-3-4-23-12-14)11-16(15)6-18(17)22-2/h3-4,7-8,12,15-18H,5-6,9-11H2,1-2H3/t15-,16+,17-,18-/m0/s1. The first-order valence-electron chi connectivity index (χ1n) is 8.50. The van der Waals surface area contributed by atoms with Crippen LogP contribution in [0.2, 0.25) is 0 Å². The lowest BCUT2D eigenvalue weighted by atomic mass is 9.77. The van der Waals surface area contributed by atoms with Gasteiger partial charge in [-0.05, 0) is 59.6 Å². The summed E-state index contributed by atoms with van der Waals surface area (Å²) in [6.45, 7) is 5.63. The number of fused-ring (bicyclic) bond motifs is 1. The monoisotopic (exact) mass is 331 g/mol. The molecule has 4 rings (SSSR count). The van der Waals surface area contributed by atoms with Gasteiger partial charge in [-0.3, -0.25) is 9.58 Å². The number of aryl methyl sites for hydroxylation is 1. The molecule has 4 atom stereocenters. The van der Waals surface area contributed by atoms with E-state index in [0.717, 1.165) is 24.8 Å². The van der Waals surface area contributed by atoms with Gasteiger partial charge >= 0.3 is 0 Å². The summed E-state index contributed by atoms with van der Waals surface area (Å²) in [7, 11) is 1.85. The van der Waals surface area contributed by atoms with E-state index in [9.17, 15) is 0 Å². The molecule has 1 saturated carbocycles. The zero-order valence-electron chi connectivity index (χ0n) is 13.9. The Morgan fingerprint density at radius 1 is 1.30 bits per heavy atom. The second kappa shape index (κ2) is 6.38. The summed E-state index contributed by atoms with van der Waals surface area (Å²) in [5.74, 6) is 1.54. The number of nitrogens with zero attached hydrogens (tertiary/aromatic N) is 3. The molecule has 2 fully saturated rings. The molecule has 2 aromatic rings. The van der Waals surface area contributed by atoms with Crippen molar-refractivity contribution in [3.05, 3.63) is 40.3 Å². The molecule has 4 nitrogen and oxygen atoms in total. The average molecular weight is 331 g/mol. The molecule has 0 radical (unpaired) electrons. The van der Waals surface area contributed by atoms with E-state index in [4.69, 9.17) is 4.74 Å². The topological polar surface area (TPSA) is 30.3 Å². The van der Waals surface area contributed by atoms with Gasteiger partial charge in [-0.25, -0.2) is 0 Å².